The predicted molar refractivity (Wildman–Crippen MR) is 89.7 cm³/mol. The first-order valence-electron chi connectivity index (χ1n) is 7.24. The van der Waals surface area contributed by atoms with Crippen molar-refractivity contribution in [1.29, 1.82) is 0 Å². The molecule has 1 aromatic carbocycles. The Hall–Kier alpha value is -2.47. The summed E-state index contributed by atoms with van der Waals surface area (Å²) in [4.78, 5) is 24.4. The summed E-state index contributed by atoms with van der Waals surface area (Å²) >= 11 is 5.92. The van der Waals surface area contributed by atoms with Gasteiger partial charge in [-0.3, -0.25) is 4.79 Å². The zero-order chi connectivity index (χ0) is 17.9. The lowest BCUT2D eigenvalue weighted by molar-refractivity contribution is -0.123. The molecule has 1 aromatic heterocycles. The number of aryl methyl sites for hydroxylation is 2. The van der Waals surface area contributed by atoms with E-state index in [1.165, 1.54) is 14.0 Å². The molecule has 24 heavy (non-hydrogen) atoms. The van der Waals surface area contributed by atoms with Crippen molar-refractivity contribution in [3.8, 4) is 5.75 Å². The number of carbonyl (C=O) groups is 2. The highest BCUT2D eigenvalue weighted by Crippen LogP contribution is 2.28. The average Bonchev–Trinajstić information content (AvgIpc) is 2.86. The van der Waals surface area contributed by atoms with E-state index in [9.17, 15) is 9.59 Å². The van der Waals surface area contributed by atoms with E-state index in [4.69, 9.17) is 25.5 Å². The van der Waals surface area contributed by atoms with Gasteiger partial charge in [0.2, 0.25) is 0 Å². The molecule has 128 valence electrons. The number of hydrogen-bond acceptors (Lipinski definition) is 5. The van der Waals surface area contributed by atoms with Gasteiger partial charge in [0.15, 0.2) is 6.10 Å². The van der Waals surface area contributed by atoms with E-state index in [0.29, 0.717) is 33.5 Å². The molecule has 1 N–H and O–H groups in total. The van der Waals surface area contributed by atoms with Gasteiger partial charge in [-0.05, 0) is 45.0 Å². The largest absolute Gasteiger partial charge is 0.495 e. The molecule has 0 aliphatic heterocycles. The lowest BCUT2D eigenvalue weighted by Crippen LogP contribution is -2.30. The third-order valence-electron chi connectivity index (χ3n) is 3.33. The van der Waals surface area contributed by atoms with Crippen molar-refractivity contribution < 1.29 is 23.5 Å². The standard InChI is InChI=1S/C17H18ClNO5/c1-9-7-13(10(2)23-9)17(21)24-11(3)16(20)19-14-8-12(18)5-6-15(14)22-4/h5-8,11H,1-4H3,(H,19,20)/t11-/m0/s1. The molecule has 0 aliphatic rings. The molecular formula is C17H18ClNO5. The first kappa shape index (κ1) is 17.9. The minimum Gasteiger partial charge on any atom is -0.495 e. The van der Waals surface area contributed by atoms with Crippen LogP contribution in [0.2, 0.25) is 5.02 Å². The summed E-state index contributed by atoms with van der Waals surface area (Å²) in [6, 6.07) is 6.40. The van der Waals surface area contributed by atoms with Crippen LogP contribution in [0.5, 0.6) is 5.75 Å². The van der Waals surface area contributed by atoms with Crippen molar-refractivity contribution >= 4 is 29.2 Å². The van der Waals surface area contributed by atoms with Gasteiger partial charge in [-0.2, -0.15) is 0 Å². The Bertz CT molecular complexity index is 768. The molecule has 6 nitrogen and oxygen atoms in total. The van der Waals surface area contributed by atoms with Crippen LogP contribution in [0, 0.1) is 13.8 Å². The number of rotatable bonds is 5. The average molecular weight is 352 g/mol. The van der Waals surface area contributed by atoms with E-state index in [1.54, 1.807) is 38.1 Å². The van der Waals surface area contributed by atoms with Gasteiger partial charge in [-0.15, -0.1) is 0 Å². The van der Waals surface area contributed by atoms with Gasteiger partial charge in [0.25, 0.3) is 5.91 Å². The SMILES string of the molecule is COc1ccc(Cl)cc1NC(=O)[C@H](C)OC(=O)c1cc(C)oc1C. The predicted octanol–water partition coefficient (Wildman–Crippen LogP) is 3.74. The molecule has 2 rings (SSSR count). The molecule has 0 bridgehead atoms. The van der Waals surface area contributed by atoms with Crippen molar-refractivity contribution in [2.24, 2.45) is 0 Å². The van der Waals surface area contributed by atoms with Crippen LogP contribution in [-0.4, -0.2) is 25.1 Å². The quantitative estimate of drug-likeness (QED) is 0.830. The molecule has 1 amide bonds. The number of methoxy groups -OCH3 is 1. The number of anilines is 1. The first-order valence-corrected chi connectivity index (χ1v) is 7.62. The monoisotopic (exact) mass is 351 g/mol. The summed E-state index contributed by atoms with van der Waals surface area (Å²) in [6.07, 6.45) is -1.00. The fourth-order valence-electron chi connectivity index (χ4n) is 2.12. The zero-order valence-electron chi connectivity index (χ0n) is 13.8. The lowest BCUT2D eigenvalue weighted by atomic mass is 10.2. The maximum absolute atomic E-state index is 12.2. The molecule has 1 heterocycles. The molecule has 0 unspecified atom stereocenters. The fraction of sp³-hybridized carbons (Fsp3) is 0.294. The third-order valence-corrected chi connectivity index (χ3v) is 3.57. The first-order chi connectivity index (χ1) is 11.3. The van der Waals surface area contributed by atoms with E-state index in [1.807, 2.05) is 0 Å². The van der Waals surface area contributed by atoms with Gasteiger partial charge in [0, 0.05) is 5.02 Å². The highest BCUT2D eigenvalue weighted by atomic mass is 35.5. The fourth-order valence-corrected chi connectivity index (χ4v) is 2.30. The maximum Gasteiger partial charge on any atom is 0.342 e. The lowest BCUT2D eigenvalue weighted by Gasteiger charge is -2.15. The summed E-state index contributed by atoms with van der Waals surface area (Å²) in [5.41, 5.74) is 0.695. The highest BCUT2D eigenvalue weighted by molar-refractivity contribution is 6.31. The number of carbonyl (C=O) groups excluding carboxylic acids is 2. The Balaban J connectivity index is 2.06. The van der Waals surface area contributed by atoms with Gasteiger partial charge in [-0.1, -0.05) is 11.6 Å². The van der Waals surface area contributed by atoms with Gasteiger partial charge in [-0.25, -0.2) is 4.79 Å². The highest BCUT2D eigenvalue weighted by Gasteiger charge is 2.22. The smallest absolute Gasteiger partial charge is 0.342 e. The summed E-state index contributed by atoms with van der Waals surface area (Å²) < 4.78 is 15.6. The number of furan rings is 1. The molecule has 0 spiro atoms. The van der Waals surface area contributed by atoms with Gasteiger partial charge >= 0.3 is 5.97 Å². The van der Waals surface area contributed by atoms with Gasteiger partial charge in [0.1, 0.15) is 22.8 Å². The van der Waals surface area contributed by atoms with Crippen molar-refractivity contribution in [2.75, 3.05) is 12.4 Å². The normalized spacial score (nSPS) is 11.7. The molecule has 2 aromatic rings. The number of ether oxygens (including phenoxy) is 2. The summed E-state index contributed by atoms with van der Waals surface area (Å²) in [6.45, 7) is 4.86. The second kappa shape index (κ2) is 7.40. The third kappa shape index (κ3) is 4.08. The number of hydrogen-bond donors (Lipinski definition) is 1. The van der Waals surface area contributed by atoms with Crippen LogP contribution < -0.4 is 10.1 Å². The molecular weight excluding hydrogens is 334 g/mol. The van der Waals surface area contributed by atoms with Crippen molar-refractivity contribution in [2.45, 2.75) is 26.9 Å². The second-order valence-electron chi connectivity index (χ2n) is 5.21. The van der Waals surface area contributed by atoms with Gasteiger partial charge < -0.3 is 19.2 Å². The number of halogens is 1. The zero-order valence-corrected chi connectivity index (χ0v) is 14.6. The Labute approximate surface area is 144 Å². The van der Waals surface area contributed by atoms with E-state index in [2.05, 4.69) is 5.32 Å². The van der Waals surface area contributed by atoms with Crippen molar-refractivity contribution in [3.05, 3.63) is 46.4 Å². The summed E-state index contributed by atoms with van der Waals surface area (Å²) in [5.74, 6) is 0.376. The van der Waals surface area contributed by atoms with Crippen LogP contribution in [-0.2, 0) is 9.53 Å². The van der Waals surface area contributed by atoms with E-state index < -0.39 is 18.0 Å². The summed E-state index contributed by atoms with van der Waals surface area (Å²) in [5, 5.41) is 3.07. The van der Waals surface area contributed by atoms with Crippen LogP contribution in [0.15, 0.2) is 28.7 Å². The number of amides is 1. The Morgan fingerprint density at radius 2 is 1.96 bits per heavy atom. The van der Waals surface area contributed by atoms with E-state index in [0.717, 1.165) is 0 Å². The Kier molecular flexibility index (Phi) is 5.51. The van der Waals surface area contributed by atoms with Crippen LogP contribution in [0.3, 0.4) is 0 Å². The molecule has 0 fully saturated rings. The Morgan fingerprint density at radius 1 is 1.25 bits per heavy atom. The molecule has 0 aliphatic carbocycles. The molecule has 0 saturated heterocycles. The molecule has 0 saturated carbocycles. The van der Waals surface area contributed by atoms with Crippen molar-refractivity contribution in [1.82, 2.24) is 0 Å². The number of benzene rings is 1. The van der Waals surface area contributed by atoms with Crippen LogP contribution in [0.25, 0.3) is 0 Å². The van der Waals surface area contributed by atoms with Crippen LogP contribution >= 0.6 is 11.6 Å². The molecule has 0 radical (unpaired) electrons. The second-order valence-corrected chi connectivity index (χ2v) is 5.64. The molecule has 7 heteroatoms. The number of nitrogens with one attached hydrogen (secondary N) is 1. The Morgan fingerprint density at radius 3 is 2.54 bits per heavy atom. The van der Waals surface area contributed by atoms with Gasteiger partial charge in [0.05, 0.1) is 12.8 Å². The van der Waals surface area contributed by atoms with Crippen molar-refractivity contribution in [3.63, 3.8) is 0 Å². The van der Waals surface area contributed by atoms with Crippen LogP contribution in [0.4, 0.5) is 5.69 Å². The maximum atomic E-state index is 12.2. The topological polar surface area (TPSA) is 77.8 Å². The molecule has 1 atom stereocenters. The van der Waals surface area contributed by atoms with E-state index >= 15 is 0 Å². The van der Waals surface area contributed by atoms with Crippen LogP contribution in [0.1, 0.15) is 28.8 Å². The number of esters is 1. The minimum absolute atomic E-state index is 0.299. The van der Waals surface area contributed by atoms with E-state index in [-0.39, 0.29) is 0 Å². The minimum atomic E-state index is -1.00. The summed E-state index contributed by atoms with van der Waals surface area (Å²) in [7, 11) is 1.48.